The molecular weight excluding hydrogens is 705 g/mol. The molecule has 4 heteroatoms. The highest BCUT2D eigenvalue weighted by Gasteiger charge is 2.47. The first-order valence-corrected chi connectivity index (χ1v) is 23.5. The van der Waals surface area contributed by atoms with Crippen LogP contribution in [0.2, 0.25) is 0 Å². The second-order valence-corrected chi connectivity index (χ2v) is 27.6. The van der Waals surface area contributed by atoms with Crippen molar-refractivity contribution in [2.24, 2.45) is 0 Å². The van der Waals surface area contributed by atoms with Crippen molar-refractivity contribution in [3.05, 3.63) is 105 Å². The molecule has 0 radical (unpaired) electrons. The molecule has 0 aliphatic carbocycles. The number of carbonyl (C=O) groups excluding carboxylic acids is 1. The summed E-state index contributed by atoms with van der Waals surface area (Å²) >= 11 is 0. The summed E-state index contributed by atoms with van der Waals surface area (Å²) in [5.74, 6) is 0. The number of rotatable bonds is 7. The fourth-order valence-corrected chi connectivity index (χ4v) is 15.5. The summed E-state index contributed by atoms with van der Waals surface area (Å²) in [6.45, 7) is 52.0. The van der Waals surface area contributed by atoms with Crippen molar-refractivity contribution in [1.82, 2.24) is 4.67 Å². The predicted molar refractivity (Wildman–Crippen MR) is 250 cm³/mol. The van der Waals surface area contributed by atoms with E-state index in [0.29, 0.717) is 0 Å². The third-order valence-electron chi connectivity index (χ3n) is 11.0. The highest BCUT2D eigenvalue weighted by atomic mass is 31.2. The normalized spacial score (nSPS) is 17.1. The largest absolute Gasteiger partial charge is 0.284 e. The van der Waals surface area contributed by atoms with Gasteiger partial charge < -0.3 is 0 Å². The Labute approximate surface area is 340 Å². The zero-order chi connectivity index (χ0) is 42.2. The zero-order valence-corrected chi connectivity index (χ0v) is 40.9. The lowest BCUT2D eigenvalue weighted by Gasteiger charge is -2.49. The van der Waals surface area contributed by atoms with Crippen LogP contribution in [0, 0.1) is 0 Å². The van der Waals surface area contributed by atoms with Gasteiger partial charge in [-0.05, 0) is 112 Å². The lowest BCUT2D eigenvalue weighted by Crippen LogP contribution is -2.41. The molecule has 2 nitrogen and oxygen atoms in total. The summed E-state index contributed by atoms with van der Waals surface area (Å²) in [6.07, 6.45) is 0. The Morgan fingerprint density at radius 3 is 1.00 bits per heavy atom. The minimum Gasteiger partial charge on any atom is -0.284 e. The van der Waals surface area contributed by atoms with E-state index in [1.54, 1.807) is 0 Å². The number of benzene rings is 3. The van der Waals surface area contributed by atoms with Crippen molar-refractivity contribution < 1.29 is 4.79 Å². The van der Waals surface area contributed by atoms with Gasteiger partial charge in [-0.15, -0.1) is 0 Å². The molecule has 55 heavy (non-hydrogen) atoms. The zero-order valence-electron chi connectivity index (χ0n) is 39.1. The summed E-state index contributed by atoms with van der Waals surface area (Å²) in [5, 5.41) is 2.82. The van der Waals surface area contributed by atoms with E-state index in [9.17, 15) is 0 Å². The van der Waals surface area contributed by atoms with Crippen LogP contribution in [0.4, 0.5) is 0 Å². The predicted octanol–water partition coefficient (Wildman–Crippen LogP) is 15.0. The summed E-state index contributed by atoms with van der Waals surface area (Å²) in [5.41, 5.74) is 11.5. The van der Waals surface area contributed by atoms with Crippen LogP contribution in [0.3, 0.4) is 0 Å². The average molecular weight is 782 g/mol. The number of hydrogen-bond donors (Lipinski definition) is 0. The Balaban J connectivity index is 2.53. The monoisotopic (exact) mass is 782 g/mol. The van der Waals surface area contributed by atoms with Gasteiger partial charge in [-0.3, -0.25) is 9.46 Å². The standard InChI is InChI=1S/C51H77NOP2/c1-32(2)52(33(3)4)55-44(41-37(48(11,12)13)28-35(46(5,6)7)29-38(41)49(14,15)16)54(43(53)34-26-24-23-25-27-34)45(55)42-39(50(17,18)19)30-36(47(8,9)10)31-40(42)51(20,21)22/h23-33H,1-22H3. The van der Waals surface area contributed by atoms with Gasteiger partial charge in [0, 0.05) is 35.8 Å². The van der Waals surface area contributed by atoms with Crippen molar-refractivity contribution in [1.29, 1.82) is 0 Å². The van der Waals surface area contributed by atoms with Crippen LogP contribution in [0.5, 0.6) is 0 Å². The molecule has 0 N–H and O–H groups in total. The first-order valence-electron chi connectivity index (χ1n) is 20.8. The second-order valence-electron chi connectivity index (χ2n) is 22.9. The van der Waals surface area contributed by atoms with Gasteiger partial charge in [-0.1, -0.05) is 179 Å². The molecule has 0 atom stereocenters. The van der Waals surface area contributed by atoms with Crippen LogP contribution in [-0.4, -0.2) is 32.3 Å². The van der Waals surface area contributed by atoms with E-state index in [1.165, 1.54) is 54.6 Å². The van der Waals surface area contributed by atoms with Gasteiger partial charge in [-0.25, -0.2) is 0 Å². The molecule has 3 aromatic rings. The second kappa shape index (κ2) is 15.2. The van der Waals surface area contributed by atoms with Gasteiger partial charge in [0.15, 0.2) is 0 Å². The molecule has 0 unspecified atom stereocenters. The van der Waals surface area contributed by atoms with E-state index < -0.39 is 15.2 Å². The fourth-order valence-electron chi connectivity index (χ4n) is 7.96. The Hall–Kier alpha value is -2.24. The highest BCUT2D eigenvalue weighted by molar-refractivity contribution is 8.18. The number of hydrogen-bond acceptors (Lipinski definition) is 2. The average Bonchev–Trinajstić information content (AvgIpc) is 2.99. The number of carbonyl (C=O) groups is 1. The van der Waals surface area contributed by atoms with Crippen molar-refractivity contribution in [2.75, 3.05) is 0 Å². The van der Waals surface area contributed by atoms with Crippen LogP contribution in [-0.2, 0) is 32.5 Å². The molecule has 0 fully saturated rings. The molecule has 0 bridgehead atoms. The topological polar surface area (TPSA) is 20.3 Å². The first-order chi connectivity index (χ1) is 24.7. The number of nitrogens with zero attached hydrogens (tertiary/aromatic N) is 1. The van der Waals surface area contributed by atoms with Gasteiger partial charge in [0.25, 0.3) is 0 Å². The molecule has 302 valence electrons. The molecule has 4 rings (SSSR count). The van der Waals surface area contributed by atoms with E-state index in [-0.39, 0.29) is 50.1 Å². The van der Waals surface area contributed by atoms with E-state index in [4.69, 9.17) is 0 Å². The molecule has 0 saturated heterocycles. The smallest absolute Gasteiger partial charge is 0.208 e. The highest BCUT2D eigenvalue weighted by Crippen LogP contribution is 2.67. The van der Waals surface area contributed by atoms with Crippen LogP contribution in [0.1, 0.15) is 207 Å². The van der Waals surface area contributed by atoms with Crippen LogP contribution in [0.15, 0.2) is 54.6 Å². The van der Waals surface area contributed by atoms with Crippen molar-refractivity contribution in [2.45, 2.75) is 197 Å². The van der Waals surface area contributed by atoms with Crippen LogP contribution in [0.25, 0.3) is 0 Å². The maximum Gasteiger partial charge on any atom is 0.208 e. The molecule has 1 aliphatic rings. The van der Waals surface area contributed by atoms with Crippen LogP contribution < -0.4 is 0 Å². The van der Waals surface area contributed by atoms with Gasteiger partial charge in [0.1, 0.15) is 0 Å². The quantitative estimate of drug-likeness (QED) is 0.223. The Morgan fingerprint density at radius 2 is 0.764 bits per heavy atom. The fraction of sp³-hybridized carbons (Fsp3) is 0.588. The van der Waals surface area contributed by atoms with Gasteiger partial charge in [0.05, 0.1) is 0 Å². The molecule has 0 aromatic heterocycles. The summed E-state index contributed by atoms with van der Waals surface area (Å²) in [4.78, 5) is 15.8. The van der Waals surface area contributed by atoms with Gasteiger partial charge in [-0.2, -0.15) is 0 Å². The lowest BCUT2D eigenvalue weighted by molar-refractivity contribution is 0.108. The molecule has 1 aliphatic heterocycles. The Kier molecular flexibility index (Phi) is 12.5. The van der Waals surface area contributed by atoms with Gasteiger partial charge >= 0.3 is 0 Å². The van der Waals surface area contributed by atoms with E-state index in [1.807, 2.05) is 18.2 Å². The van der Waals surface area contributed by atoms with Crippen molar-refractivity contribution in [3.63, 3.8) is 0 Å². The minimum atomic E-state index is -1.38. The Bertz CT molecular complexity index is 1820. The van der Waals surface area contributed by atoms with Crippen LogP contribution >= 0.6 is 15.2 Å². The van der Waals surface area contributed by atoms with E-state index in [0.717, 1.165) is 5.56 Å². The third-order valence-corrected chi connectivity index (χ3v) is 18.0. The molecular formula is C51H77NOP2. The SMILES string of the molecule is CC(C)N(C(C)C)P1C(c2c(C(C)(C)C)cc(C(C)(C)C)cc2C(C)(C)C)=P(C(=O)c2ccccc2)=C1c1c(C(C)(C)C)cc(C(C)(C)C)cc1C(C)(C)C. The summed E-state index contributed by atoms with van der Waals surface area (Å²) < 4.78 is 2.80. The lowest BCUT2D eigenvalue weighted by atomic mass is 9.72. The summed E-state index contributed by atoms with van der Waals surface area (Å²) in [6, 6.07) is 20.8. The molecule has 0 saturated carbocycles. The maximum absolute atomic E-state index is 15.8. The van der Waals surface area contributed by atoms with Crippen molar-refractivity contribution >= 4 is 30.8 Å². The van der Waals surface area contributed by atoms with Crippen molar-refractivity contribution in [3.8, 4) is 0 Å². The first kappa shape index (κ1) is 45.5. The molecule has 1 heterocycles. The van der Waals surface area contributed by atoms with Gasteiger partial charge in [0.2, 0.25) is 5.52 Å². The third kappa shape index (κ3) is 9.24. The molecule has 3 aromatic carbocycles. The maximum atomic E-state index is 15.8. The van der Waals surface area contributed by atoms with E-state index >= 15 is 4.79 Å². The van der Waals surface area contributed by atoms with E-state index in [2.05, 4.69) is 193 Å². The summed E-state index contributed by atoms with van der Waals surface area (Å²) in [7, 11) is -2.42. The minimum absolute atomic E-state index is 0.0185. The Morgan fingerprint density at radius 1 is 0.473 bits per heavy atom. The molecule has 0 spiro atoms. The molecule has 0 amide bonds.